The van der Waals surface area contributed by atoms with Crippen molar-refractivity contribution in [2.75, 3.05) is 0 Å². The van der Waals surface area contributed by atoms with Crippen LogP contribution in [-0.2, 0) is 0 Å². The summed E-state index contributed by atoms with van der Waals surface area (Å²) in [5, 5.41) is 0. The predicted molar refractivity (Wildman–Crippen MR) is 110 cm³/mol. The maximum Gasteiger partial charge on any atom is -0.0394 e. The molecule has 1 unspecified atom stereocenters. The Bertz CT molecular complexity index is 140. The predicted octanol–water partition coefficient (Wildman–Crippen LogP) is 9.13. The molecule has 0 fully saturated rings. The Morgan fingerprint density at radius 1 is 0.682 bits per heavy atom. The van der Waals surface area contributed by atoms with E-state index in [1.165, 1.54) is 44.9 Å². The monoisotopic (exact) mass is 316 g/mol. The molecule has 1 atom stereocenters. The van der Waals surface area contributed by atoms with Crippen LogP contribution in [-0.4, -0.2) is 0 Å². The first kappa shape index (κ1) is 29.9. The Kier molecular flexibility index (Phi) is 31.7. The zero-order valence-corrected chi connectivity index (χ0v) is 18.6. The molecule has 0 aromatic rings. The van der Waals surface area contributed by atoms with Gasteiger partial charge in [0.1, 0.15) is 0 Å². The van der Waals surface area contributed by atoms with Gasteiger partial charge in [0.2, 0.25) is 0 Å². The molecule has 0 spiro atoms. The molecule has 0 bridgehead atoms. The fraction of sp³-hybridized carbons (Fsp3) is 1.00. The van der Waals surface area contributed by atoms with E-state index in [4.69, 9.17) is 0 Å². The first-order valence-corrected chi connectivity index (χ1v) is 10.2. The molecule has 0 aliphatic rings. The van der Waals surface area contributed by atoms with Crippen molar-refractivity contribution in [1.29, 1.82) is 0 Å². The molecule has 0 aliphatic carbocycles. The average Bonchev–Trinajstić information content (AvgIpc) is 2.42. The van der Waals surface area contributed by atoms with Crippen molar-refractivity contribution in [3.63, 3.8) is 0 Å². The number of unbranched alkanes of at least 4 members (excludes halogenated alkanes) is 2. The van der Waals surface area contributed by atoms with Crippen LogP contribution in [0.2, 0.25) is 0 Å². The summed E-state index contributed by atoms with van der Waals surface area (Å²) >= 11 is 0. The molecular formula is C22H52. The third-order valence-electron chi connectivity index (χ3n) is 3.30. The van der Waals surface area contributed by atoms with Gasteiger partial charge in [-0.1, -0.05) is 128 Å². The van der Waals surface area contributed by atoms with Gasteiger partial charge in [-0.25, -0.2) is 0 Å². The van der Waals surface area contributed by atoms with Crippen molar-refractivity contribution in [2.45, 2.75) is 128 Å². The Hall–Kier alpha value is 0. The van der Waals surface area contributed by atoms with Crippen LogP contribution in [0.1, 0.15) is 128 Å². The summed E-state index contributed by atoms with van der Waals surface area (Å²) in [6.45, 7) is 26.5. The van der Waals surface area contributed by atoms with Gasteiger partial charge >= 0.3 is 0 Å². The molecule has 0 radical (unpaired) electrons. The van der Waals surface area contributed by atoms with Crippen LogP contribution in [0, 0.1) is 17.3 Å². The molecule has 0 rings (SSSR count). The number of hydrogen-bond donors (Lipinski definition) is 0. The van der Waals surface area contributed by atoms with Crippen LogP contribution in [0.15, 0.2) is 0 Å². The van der Waals surface area contributed by atoms with E-state index < -0.39 is 0 Å². The minimum absolute atomic E-state index is 0.500. The van der Waals surface area contributed by atoms with Crippen molar-refractivity contribution in [2.24, 2.45) is 17.3 Å². The minimum atomic E-state index is 0.500. The van der Waals surface area contributed by atoms with Gasteiger partial charge in [0.05, 0.1) is 0 Å². The van der Waals surface area contributed by atoms with E-state index in [1.54, 1.807) is 0 Å². The molecule has 0 aromatic heterocycles. The van der Waals surface area contributed by atoms with Crippen molar-refractivity contribution < 1.29 is 0 Å². The standard InChI is InChI=1S/C10H22.2C5H12.C2H6/c1-5-8-9(4)10(6-2)7-3;1-5(2,3)4;1-3-5-4-2;1-2/h9-10H,5-8H2,1-4H3;1-4H3;3-5H2,1-2H3;1-2H3. The van der Waals surface area contributed by atoms with Crippen LogP contribution in [0.4, 0.5) is 0 Å². The lowest BCUT2D eigenvalue weighted by Gasteiger charge is -2.19. The van der Waals surface area contributed by atoms with Gasteiger partial charge in [0, 0.05) is 0 Å². The molecule has 140 valence electrons. The molecule has 0 saturated carbocycles. The lowest BCUT2D eigenvalue weighted by atomic mass is 9.86. The lowest BCUT2D eigenvalue weighted by Crippen LogP contribution is -2.08. The number of hydrogen-bond acceptors (Lipinski definition) is 0. The third kappa shape index (κ3) is 42.7. The molecule has 0 heterocycles. The van der Waals surface area contributed by atoms with E-state index in [-0.39, 0.29) is 0 Å². The largest absolute Gasteiger partial charge is 0.0683 e. The highest BCUT2D eigenvalue weighted by atomic mass is 14.2. The van der Waals surface area contributed by atoms with E-state index >= 15 is 0 Å². The fourth-order valence-electron chi connectivity index (χ4n) is 2.14. The van der Waals surface area contributed by atoms with E-state index in [2.05, 4.69) is 69.2 Å². The fourth-order valence-corrected chi connectivity index (χ4v) is 2.14. The highest BCUT2D eigenvalue weighted by Gasteiger charge is 2.11. The van der Waals surface area contributed by atoms with Gasteiger partial charge in [-0.2, -0.15) is 0 Å². The topological polar surface area (TPSA) is 0 Å². The Labute approximate surface area is 145 Å². The highest BCUT2D eigenvalue weighted by Crippen LogP contribution is 2.22. The Balaban J connectivity index is -0.000000114. The quantitative estimate of drug-likeness (QED) is 0.439. The summed E-state index contributed by atoms with van der Waals surface area (Å²) in [6.07, 6.45) is 9.55. The summed E-state index contributed by atoms with van der Waals surface area (Å²) in [6, 6.07) is 0. The van der Waals surface area contributed by atoms with E-state index in [1.807, 2.05) is 13.8 Å². The molecule has 0 N–H and O–H groups in total. The van der Waals surface area contributed by atoms with Crippen molar-refractivity contribution in [1.82, 2.24) is 0 Å². The van der Waals surface area contributed by atoms with Crippen molar-refractivity contribution >= 4 is 0 Å². The van der Waals surface area contributed by atoms with Crippen molar-refractivity contribution in [3.8, 4) is 0 Å². The number of rotatable bonds is 7. The van der Waals surface area contributed by atoms with Gasteiger partial charge in [0.25, 0.3) is 0 Å². The van der Waals surface area contributed by atoms with Crippen LogP contribution < -0.4 is 0 Å². The molecule has 0 aromatic carbocycles. The van der Waals surface area contributed by atoms with Gasteiger partial charge in [-0.05, 0) is 17.3 Å². The lowest BCUT2D eigenvalue weighted by molar-refractivity contribution is 0.316. The second kappa shape index (κ2) is 23.3. The van der Waals surface area contributed by atoms with Crippen LogP contribution >= 0.6 is 0 Å². The summed E-state index contributed by atoms with van der Waals surface area (Å²) < 4.78 is 0. The van der Waals surface area contributed by atoms with Gasteiger partial charge < -0.3 is 0 Å². The molecule has 0 saturated heterocycles. The van der Waals surface area contributed by atoms with Crippen LogP contribution in [0.25, 0.3) is 0 Å². The molecular weight excluding hydrogens is 264 g/mol. The van der Waals surface area contributed by atoms with Gasteiger partial charge in [0.15, 0.2) is 0 Å². The molecule has 0 heteroatoms. The third-order valence-corrected chi connectivity index (χ3v) is 3.30. The van der Waals surface area contributed by atoms with Crippen LogP contribution in [0.3, 0.4) is 0 Å². The first-order chi connectivity index (χ1) is 10.2. The van der Waals surface area contributed by atoms with Crippen LogP contribution in [0.5, 0.6) is 0 Å². The zero-order valence-electron chi connectivity index (χ0n) is 18.6. The van der Waals surface area contributed by atoms with E-state index in [0.29, 0.717) is 5.41 Å². The molecule has 22 heavy (non-hydrogen) atoms. The van der Waals surface area contributed by atoms with Gasteiger partial charge in [-0.15, -0.1) is 0 Å². The summed E-state index contributed by atoms with van der Waals surface area (Å²) in [4.78, 5) is 0. The van der Waals surface area contributed by atoms with E-state index in [0.717, 1.165) is 11.8 Å². The SMILES string of the molecule is CC.CC(C)(C)C.CCCC(C)C(CC)CC.CCCCC. The normalized spacial score (nSPS) is 11.3. The zero-order chi connectivity index (χ0) is 18.6. The Morgan fingerprint density at radius 3 is 1.14 bits per heavy atom. The second-order valence-electron chi connectivity index (χ2n) is 7.70. The van der Waals surface area contributed by atoms with E-state index in [9.17, 15) is 0 Å². The smallest absolute Gasteiger partial charge is 0.0394 e. The van der Waals surface area contributed by atoms with Gasteiger partial charge in [-0.3, -0.25) is 0 Å². The Morgan fingerprint density at radius 2 is 1.00 bits per heavy atom. The molecule has 0 aliphatic heterocycles. The summed E-state index contributed by atoms with van der Waals surface area (Å²) in [7, 11) is 0. The second-order valence-corrected chi connectivity index (χ2v) is 7.70. The first-order valence-electron chi connectivity index (χ1n) is 10.2. The summed E-state index contributed by atoms with van der Waals surface area (Å²) in [5.41, 5.74) is 0.500. The average molecular weight is 317 g/mol. The maximum absolute atomic E-state index is 2.39. The summed E-state index contributed by atoms with van der Waals surface area (Å²) in [5.74, 6) is 1.92. The minimum Gasteiger partial charge on any atom is -0.0683 e. The maximum atomic E-state index is 2.39. The highest BCUT2D eigenvalue weighted by molar-refractivity contribution is 4.62. The molecule has 0 nitrogen and oxygen atoms in total. The molecule has 0 amide bonds. The van der Waals surface area contributed by atoms with Crippen molar-refractivity contribution in [3.05, 3.63) is 0 Å².